The Hall–Kier alpha value is -2.35. The molecule has 5 nitrogen and oxygen atoms in total. The van der Waals surface area contributed by atoms with E-state index < -0.39 is 17.8 Å². The van der Waals surface area contributed by atoms with Crippen LogP contribution in [0.4, 0.5) is 5.69 Å². The van der Waals surface area contributed by atoms with Crippen LogP contribution in [0, 0.1) is 23.2 Å². The van der Waals surface area contributed by atoms with Gasteiger partial charge in [-0.05, 0) is 24.3 Å². The lowest BCUT2D eigenvalue weighted by Crippen LogP contribution is -2.29. The Bertz CT molecular complexity index is 488. The maximum atomic E-state index is 11.8. The third kappa shape index (κ3) is 3.32. The average molecular weight is 246 g/mol. The van der Waals surface area contributed by atoms with Crippen molar-refractivity contribution in [3.63, 3.8) is 0 Å². The van der Waals surface area contributed by atoms with Crippen LogP contribution in [0.2, 0.25) is 0 Å². The molecule has 0 aliphatic carbocycles. The summed E-state index contributed by atoms with van der Waals surface area (Å²) < 4.78 is 0. The number of hydrogen-bond donors (Lipinski definition) is 2. The number of amides is 1. The Morgan fingerprint density at radius 1 is 1.22 bits per heavy atom. The Morgan fingerprint density at radius 3 is 2.22 bits per heavy atom. The quantitative estimate of drug-likeness (QED) is 0.848. The molecule has 1 amide bonds. The van der Waals surface area contributed by atoms with Crippen LogP contribution in [0.1, 0.15) is 19.4 Å². The molecule has 0 fully saturated rings. The van der Waals surface area contributed by atoms with Crippen LogP contribution in [0.15, 0.2) is 24.3 Å². The molecule has 0 aliphatic rings. The van der Waals surface area contributed by atoms with E-state index in [1.165, 1.54) is 6.92 Å². The summed E-state index contributed by atoms with van der Waals surface area (Å²) >= 11 is 0. The minimum Gasteiger partial charge on any atom is -0.481 e. The molecule has 1 rings (SSSR count). The SMILES string of the molecule is CC(C(=O)O)C(C)C(=O)Nc1ccc(C#N)cc1. The van der Waals surface area contributed by atoms with E-state index in [9.17, 15) is 9.59 Å². The van der Waals surface area contributed by atoms with E-state index in [1.54, 1.807) is 31.2 Å². The third-order valence-electron chi connectivity index (χ3n) is 2.83. The molecule has 1 aromatic carbocycles. The lowest BCUT2D eigenvalue weighted by atomic mass is 9.95. The minimum atomic E-state index is -1.00. The van der Waals surface area contributed by atoms with Crippen LogP contribution in [-0.4, -0.2) is 17.0 Å². The van der Waals surface area contributed by atoms with Crippen molar-refractivity contribution < 1.29 is 14.7 Å². The summed E-state index contributed by atoms with van der Waals surface area (Å²) in [6.07, 6.45) is 0. The molecule has 2 unspecified atom stereocenters. The molecule has 2 N–H and O–H groups in total. The van der Waals surface area contributed by atoms with Crippen molar-refractivity contribution in [2.45, 2.75) is 13.8 Å². The van der Waals surface area contributed by atoms with Crippen molar-refractivity contribution in [3.05, 3.63) is 29.8 Å². The molecule has 0 heterocycles. The predicted molar refractivity (Wildman–Crippen MR) is 65.8 cm³/mol. The lowest BCUT2D eigenvalue weighted by molar-refractivity contribution is -0.145. The number of nitrogens with zero attached hydrogens (tertiary/aromatic N) is 1. The van der Waals surface area contributed by atoms with Gasteiger partial charge in [-0.15, -0.1) is 0 Å². The molecule has 0 spiro atoms. The fraction of sp³-hybridized carbons (Fsp3) is 0.308. The van der Waals surface area contributed by atoms with Crippen LogP contribution in [0.5, 0.6) is 0 Å². The van der Waals surface area contributed by atoms with E-state index in [0.29, 0.717) is 11.3 Å². The number of nitrogens with one attached hydrogen (secondary N) is 1. The average Bonchev–Trinajstić information content (AvgIpc) is 2.37. The highest BCUT2D eigenvalue weighted by Crippen LogP contribution is 2.15. The summed E-state index contributed by atoms with van der Waals surface area (Å²) in [5.74, 6) is -2.73. The van der Waals surface area contributed by atoms with E-state index in [1.807, 2.05) is 6.07 Å². The molecule has 2 atom stereocenters. The molecule has 0 bridgehead atoms. The van der Waals surface area contributed by atoms with Crippen molar-refractivity contribution >= 4 is 17.6 Å². The van der Waals surface area contributed by atoms with Gasteiger partial charge in [-0.1, -0.05) is 13.8 Å². The number of nitriles is 1. The second kappa shape index (κ2) is 5.82. The second-order valence-electron chi connectivity index (χ2n) is 4.09. The molecule has 94 valence electrons. The van der Waals surface area contributed by atoms with Crippen molar-refractivity contribution in [2.24, 2.45) is 11.8 Å². The fourth-order valence-electron chi connectivity index (χ4n) is 1.33. The van der Waals surface area contributed by atoms with Gasteiger partial charge in [-0.3, -0.25) is 9.59 Å². The van der Waals surface area contributed by atoms with Crippen LogP contribution >= 0.6 is 0 Å². The topological polar surface area (TPSA) is 90.2 Å². The summed E-state index contributed by atoms with van der Waals surface area (Å²) in [7, 11) is 0. The summed E-state index contributed by atoms with van der Waals surface area (Å²) in [6, 6.07) is 8.35. The van der Waals surface area contributed by atoms with Gasteiger partial charge in [0.15, 0.2) is 0 Å². The van der Waals surface area contributed by atoms with E-state index >= 15 is 0 Å². The van der Waals surface area contributed by atoms with E-state index in [4.69, 9.17) is 10.4 Å². The maximum absolute atomic E-state index is 11.8. The number of carboxylic acids is 1. The van der Waals surface area contributed by atoms with Crippen molar-refractivity contribution in [1.29, 1.82) is 5.26 Å². The molecule has 18 heavy (non-hydrogen) atoms. The summed E-state index contributed by atoms with van der Waals surface area (Å²) in [4.78, 5) is 22.5. The minimum absolute atomic E-state index is 0.352. The van der Waals surface area contributed by atoms with Gasteiger partial charge in [0.1, 0.15) is 0 Å². The maximum Gasteiger partial charge on any atom is 0.307 e. The number of benzene rings is 1. The molecule has 1 aromatic rings. The van der Waals surface area contributed by atoms with Gasteiger partial charge in [0, 0.05) is 11.6 Å². The van der Waals surface area contributed by atoms with Crippen LogP contribution < -0.4 is 5.32 Å². The van der Waals surface area contributed by atoms with Crippen LogP contribution in [0.25, 0.3) is 0 Å². The summed E-state index contributed by atoms with van der Waals surface area (Å²) in [5, 5.41) is 20.1. The number of carboxylic acid groups (broad SMARTS) is 1. The van der Waals surface area contributed by atoms with Gasteiger partial charge in [-0.2, -0.15) is 5.26 Å². The number of rotatable bonds is 4. The van der Waals surface area contributed by atoms with Gasteiger partial charge in [0.2, 0.25) is 5.91 Å². The van der Waals surface area contributed by atoms with Crippen molar-refractivity contribution in [3.8, 4) is 6.07 Å². The number of carbonyl (C=O) groups is 2. The number of hydrogen-bond acceptors (Lipinski definition) is 3. The Labute approximate surface area is 105 Å². The molecule has 5 heteroatoms. The highest BCUT2D eigenvalue weighted by atomic mass is 16.4. The molecule has 0 aliphatic heterocycles. The second-order valence-corrected chi connectivity index (χ2v) is 4.09. The first-order chi connectivity index (χ1) is 8.45. The first-order valence-electron chi connectivity index (χ1n) is 5.49. The molecule has 0 aromatic heterocycles. The number of carbonyl (C=O) groups excluding carboxylic acids is 1. The van der Waals surface area contributed by atoms with E-state index in [2.05, 4.69) is 5.32 Å². The van der Waals surface area contributed by atoms with Crippen molar-refractivity contribution in [1.82, 2.24) is 0 Å². The molecular weight excluding hydrogens is 232 g/mol. The van der Waals surface area contributed by atoms with E-state index in [-0.39, 0.29) is 5.91 Å². The Morgan fingerprint density at radius 2 is 1.78 bits per heavy atom. The zero-order valence-electron chi connectivity index (χ0n) is 10.2. The first kappa shape index (κ1) is 13.7. The predicted octanol–water partition coefficient (Wildman–Crippen LogP) is 1.85. The van der Waals surface area contributed by atoms with Crippen LogP contribution in [-0.2, 0) is 9.59 Å². The van der Waals surface area contributed by atoms with Gasteiger partial charge >= 0.3 is 5.97 Å². The summed E-state index contributed by atoms with van der Waals surface area (Å²) in [5.41, 5.74) is 1.04. The number of aliphatic carboxylic acids is 1. The van der Waals surface area contributed by atoms with Crippen molar-refractivity contribution in [2.75, 3.05) is 5.32 Å². The zero-order valence-corrected chi connectivity index (χ0v) is 10.2. The molecule has 0 saturated carbocycles. The molecular formula is C13H14N2O3. The molecule has 0 radical (unpaired) electrons. The van der Waals surface area contributed by atoms with Gasteiger partial charge in [0.25, 0.3) is 0 Å². The molecule has 0 saturated heterocycles. The van der Waals surface area contributed by atoms with E-state index in [0.717, 1.165) is 0 Å². The van der Waals surface area contributed by atoms with Gasteiger partial charge in [-0.25, -0.2) is 0 Å². The normalized spacial score (nSPS) is 13.2. The monoisotopic (exact) mass is 246 g/mol. The van der Waals surface area contributed by atoms with Gasteiger partial charge < -0.3 is 10.4 Å². The standard InChI is InChI=1S/C13H14N2O3/c1-8(9(2)13(17)18)12(16)15-11-5-3-10(7-14)4-6-11/h3-6,8-9H,1-2H3,(H,15,16)(H,17,18). The highest BCUT2D eigenvalue weighted by Gasteiger charge is 2.25. The fourth-order valence-corrected chi connectivity index (χ4v) is 1.33. The van der Waals surface area contributed by atoms with Crippen LogP contribution in [0.3, 0.4) is 0 Å². The highest BCUT2D eigenvalue weighted by molar-refractivity contribution is 5.94. The zero-order chi connectivity index (χ0) is 13.7. The summed E-state index contributed by atoms with van der Waals surface area (Å²) in [6.45, 7) is 3.06. The largest absolute Gasteiger partial charge is 0.481 e. The smallest absolute Gasteiger partial charge is 0.307 e. The first-order valence-corrected chi connectivity index (χ1v) is 5.49. The van der Waals surface area contributed by atoms with Gasteiger partial charge in [0.05, 0.1) is 17.6 Å². The Kier molecular flexibility index (Phi) is 4.44. The third-order valence-corrected chi connectivity index (χ3v) is 2.83. The number of anilines is 1. The lowest BCUT2D eigenvalue weighted by Gasteiger charge is -2.15. The Balaban J connectivity index is 2.69.